The van der Waals surface area contributed by atoms with Gasteiger partial charge in [0.15, 0.2) is 0 Å². The van der Waals surface area contributed by atoms with E-state index in [2.05, 4.69) is 27.5 Å². The molecule has 0 aliphatic heterocycles. The number of nitrogens with one attached hydrogen (secondary N) is 1. The number of carbonyl (C=O) groups excluding carboxylic acids is 1. The lowest BCUT2D eigenvalue weighted by Crippen LogP contribution is -2.14. The predicted octanol–water partition coefficient (Wildman–Crippen LogP) is 4.65. The number of hydrogen-bond donors (Lipinski definition) is 1. The highest BCUT2D eigenvalue weighted by atomic mass is 35.5. The second kappa shape index (κ2) is 8.63. The van der Waals surface area contributed by atoms with E-state index in [0.717, 1.165) is 35.5 Å². The summed E-state index contributed by atoms with van der Waals surface area (Å²) >= 11 is 7.67. The average molecular weight is 404 g/mol. The van der Waals surface area contributed by atoms with Crippen LogP contribution in [0.1, 0.15) is 52.1 Å². The number of anilines is 1. The van der Waals surface area contributed by atoms with Gasteiger partial charge in [-0.25, -0.2) is 0 Å². The Kier molecular flexibility index (Phi) is 6.23. The summed E-state index contributed by atoms with van der Waals surface area (Å²) in [6, 6.07) is 7.63. The van der Waals surface area contributed by atoms with Gasteiger partial charge in [0.2, 0.25) is 5.13 Å². The molecule has 0 spiro atoms. The van der Waals surface area contributed by atoms with Crippen LogP contribution in [0.5, 0.6) is 0 Å². The van der Waals surface area contributed by atoms with E-state index in [4.69, 9.17) is 11.6 Å². The van der Waals surface area contributed by atoms with Crippen LogP contribution in [0.2, 0.25) is 5.02 Å². The average Bonchev–Trinajstić information content (AvgIpc) is 3.19. The minimum Gasteiger partial charge on any atom is -0.296 e. The summed E-state index contributed by atoms with van der Waals surface area (Å²) in [5.41, 5.74) is 2.99. The molecule has 2 aromatic heterocycles. The first-order valence-corrected chi connectivity index (χ1v) is 10.1. The van der Waals surface area contributed by atoms with E-state index in [-0.39, 0.29) is 5.91 Å². The molecule has 1 amide bonds. The van der Waals surface area contributed by atoms with Crippen molar-refractivity contribution in [1.29, 1.82) is 0 Å². The first-order chi connectivity index (χ1) is 13.0. The summed E-state index contributed by atoms with van der Waals surface area (Å²) in [6.45, 7) is 6.37. The minimum atomic E-state index is -0.214. The van der Waals surface area contributed by atoms with E-state index in [0.29, 0.717) is 28.0 Å². The molecule has 142 valence electrons. The number of carbonyl (C=O) groups is 1. The summed E-state index contributed by atoms with van der Waals surface area (Å²) in [5.74, 6) is -0.214. The van der Waals surface area contributed by atoms with Crippen LogP contribution in [-0.4, -0.2) is 25.9 Å². The van der Waals surface area contributed by atoms with Crippen molar-refractivity contribution in [3.8, 4) is 0 Å². The summed E-state index contributed by atoms with van der Waals surface area (Å²) < 4.78 is 1.80. The maximum absolute atomic E-state index is 12.8. The molecule has 0 saturated heterocycles. The van der Waals surface area contributed by atoms with Gasteiger partial charge in [0.05, 0.1) is 17.8 Å². The van der Waals surface area contributed by atoms with E-state index in [9.17, 15) is 4.79 Å². The van der Waals surface area contributed by atoms with E-state index >= 15 is 0 Å². The van der Waals surface area contributed by atoms with Crippen molar-refractivity contribution >= 4 is 34.0 Å². The topological polar surface area (TPSA) is 72.7 Å². The van der Waals surface area contributed by atoms with Crippen LogP contribution in [0.15, 0.2) is 24.3 Å². The number of rotatable bonds is 7. The highest BCUT2D eigenvalue weighted by molar-refractivity contribution is 7.15. The van der Waals surface area contributed by atoms with Gasteiger partial charge < -0.3 is 0 Å². The number of halogens is 1. The zero-order chi connectivity index (χ0) is 19.4. The van der Waals surface area contributed by atoms with Crippen LogP contribution in [0.3, 0.4) is 0 Å². The van der Waals surface area contributed by atoms with E-state index in [1.54, 1.807) is 4.68 Å². The van der Waals surface area contributed by atoms with Crippen LogP contribution in [0.4, 0.5) is 5.13 Å². The van der Waals surface area contributed by atoms with Gasteiger partial charge in [-0.15, -0.1) is 10.2 Å². The first-order valence-electron chi connectivity index (χ1n) is 8.90. The molecule has 0 radical (unpaired) electrons. The van der Waals surface area contributed by atoms with Gasteiger partial charge >= 0.3 is 0 Å². The van der Waals surface area contributed by atoms with Gasteiger partial charge in [-0.2, -0.15) is 5.10 Å². The van der Waals surface area contributed by atoms with Crippen molar-refractivity contribution in [2.24, 2.45) is 0 Å². The molecule has 0 fully saturated rings. The largest absolute Gasteiger partial charge is 0.296 e. The maximum atomic E-state index is 12.8. The molecule has 3 rings (SSSR count). The standard InChI is InChI=1S/C19H22ClN5OS/c1-4-5-10-16-22-23-19(27-16)21-18(26)17-12(2)24-25(13(17)3)11-14-8-6-7-9-15(14)20/h6-9H,4-5,10-11H2,1-3H3,(H,21,23,26). The zero-order valence-corrected chi connectivity index (χ0v) is 17.2. The van der Waals surface area contributed by atoms with E-state index in [1.165, 1.54) is 11.3 Å². The van der Waals surface area contributed by atoms with Gasteiger partial charge in [-0.3, -0.25) is 14.8 Å². The Morgan fingerprint density at radius 2 is 2.04 bits per heavy atom. The van der Waals surface area contributed by atoms with Gasteiger partial charge in [-0.05, 0) is 31.9 Å². The molecule has 0 aliphatic carbocycles. The summed E-state index contributed by atoms with van der Waals surface area (Å²) in [5, 5.41) is 17.7. The molecule has 1 aromatic carbocycles. The fourth-order valence-corrected chi connectivity index (χ4v) is 3.83. The van der Waals surface area contributed by atoms with E-state index < -0.39 is 0 Å². The Hall–Kier alpha value is -2.25. The summed E-state index contributed by atoms with van der Waals surface area (Å²) in [7, 11) is 0. The monoisotopic (exact) mass is 403 g/mol. The van der Waals surface area contributed by atoms with Crippen molar-refractivity contribution in [3.05, 3.63) is 56.8 Å². The molecule has 0 bridgehead atoms. The van der Waals surface area contributed by atoms with Crippen molar-refractivity contribution in [1.82, 2.24) is 20.0 Å². The maximum Gasteiger partial charge on any atom is 0.261 e. The smallest absolute Gasteiger partial charge is 0.261 e. The Bertz CT molecular complexity index is 949. The zero-order valence-electron chi connectivity index (χ0n) is 15.6. The SMILES string of the molecule is CCCCc1nnc(NC(=O)c2c(C)nn(Cc3ccccc3Cl)c2C)s1. The lowest BCUT2D eigenvalue weighted by molar-refractivity contribution is 0.102. The van der Waals surface area contributed by atoms with Gasteiger partial charge in [0.25, 0.3) is 5.91 Å². The van der Waals surface area contributed by atoms with Crippen molar-refractivity contribution in [2.45, 2.75) is 46.6 Å². The number of hydrogen-bond acceptors (Lipinski definition) is 5. The van der Waals surface area contributed by atoms with Crippen LogP contribution in [0, 0.1) is 13.8 Å². The van der Waals surface area contributed by atoms with Gasteiger partial charge in [-0.1, -0.05) is 54.5 Å². The third-order valence-electron chi connectivity index (χ3n) is 4.32. The Balaban J connectivity index is 1.76. The fraction of sp³-hybridized carbons (Fsp3) is 0.368. The number of unbranched alkanes of at least 4 members (excludes halogenated alkanes) is 1. The normalized spacial score (nSPS) is 11.0. The second-order valence-corrected chi connectivity index (χ2v) is 7.82. The Morgan fingerprint density at radius 1 is 1.26 bits per heavy atom. The van der Waals surface area contributed by atoms with Crippen LogP contribution in [-0.2, 0) is 13.0 Å². The third-order valence-corrected chi connectivity index (χ3v) is 5.59. The van der Waals surface area contributed by atoms with Crippen molar-refractivity contribution in [2.75, 3.05) is 5.32 Å². The Labute approximate surface area is 167 Å². The fourth-order valence-electron chi connectivity index (χ4n) is 2.86. The second-order valence-electron chi connectivity index (χ2n) is 6.35. The molecule has 1 N–H and O–H groups in total. The molecule has 0 aliphatic rings. The van der Waals surface area contributed by atoms with Crippen LogP contribution < -0.4 is 5.32 Å². The third kappa shape index (κ3) is 4.54. The molecule has 2 heterocycles. The number of benzene rings is 1. The van der Waals surface area contributed by atoms with Gasteiger partial charge in [0, 0.05) is 17.1 Å². The Morgan fingerprint density at radius 3 is 2.78 bits per heavy atom. The summed E-state index contributed by atoms with van der Waals surface area (Å²) in [6.07, 6.45) is 3.05. The molecule has 0 atom stereocenters. The predicted molar refractivity (Wildman–Crippen MR) is 109 cm³/mol. The molecule has 6 nitrogen and oxygen atoms in total. The molecule has 0 saturated carbocycles. The van der Waals surface area contributed by atoms with Crippen LogP contribution in [0.25, 0.3) is 0 Å². The molecule has 0 unspecified atom stereocenters. The number of aromatic nitrogens is 4. The van der Waals surface area contributed by atoms with Crippen molar-refractivity contribution in [3.63, 3.8) is 0 Å². The quantitative estimate of drug-likeness (QED) is 0.623. The lowest BCUT2D eigenvalue weighted by atomic mass is 10.2. The van der Waals surface area contributed by atoms with E-state index in [1.807, 2.05) is 38.1 Å². The summed E-state index contributed by atoms with van der Waals surface area (Å²) in [4.78, 5) is 12.8. The highest BCUT2D eigenvalue weighted by Crippen LogP contribution is 2.22. The number of amides is 1. The number of aryl methyl sites for hydroxylation is 2. The van der Waals surface area contributed by atoms with Gasteiger partial charge in [0.1, 0.15) is 5.01 Å². The molecule has 8 heteroatoms. The molecule has 27 heavy (non-hydrogen) atoms. The molecule has 3 aromatic rings. The van der Waals surface area contributed by atoms with Crippen molar-refractivity contribution < 1.29 is 4.79 Å². The number of nitrogens with zero attached hydrogens (tertiary/aromatic N) is 4. The first kappa shape index (κ1) is 19.5. The molecular weight excluding hydrogens is 382 g/mol. The highest BCUT2D eigenvalue weighted by Gasteiger charge is 2.20. The van der Waals surface area contributed by atoms with Crippen LogP contribution >= 0.6 is 22.9 Å². The molecular formula is C19H22ClN5OS. The lowest BCUT2D eigenvalue weighted by Gasteiger charge is -2.07. The minimum absolute atomic E-state index is 0.214.